The second-order valence-electron chi connectivity index (χ2n) is 8.24. The zero-order valence-electron chi connectivity index (χ0n) is 18.3. The number of amides is 2. The highest BCUT2D eigenvalue weighted by Crippen LogP contribution is 2.32. The maximum Gasteiger partial charge on any atom is 0.409 e. The molecule has 1 N–H and O–H groups in total. The summed E-state index contributed by atoms with van der Waals surface area (Å²) in [5, 5.41) is 4.32. The van der Waals surface area contributed by atoms with E-state index >= 15 is 0 Å². The Morgan fingerprint density at radius 1 is 1.19 bits per heavy atom. The molecule has 2 saturated heterocycles. The minimum atomic E-state index is -0.258. The molecule has 9 heteroatoms. The van der Waals surface area contributed by atoms with E-state index < -0.39 is 0 Å². The molecule has 31 heavy (non-hydrogen) atoms. The number of thiophene rings is 1. The van der Waals surface area contributed by atoms with Crippen molar-refractivity contribution in [1.29, 1.82) is 0 Å². The lowest BCUT2D eigenvalue weighted by Gasteiger charge is -2.35. The van der Waals surface area contributed by atoms with Gasteiger partial charge in [-0.05, 0) is 45.1 Å². The first kappa shape index (κ1) is 21.8. The zero-order chi connectivity index (χ0) is 21.8. The quantitative estimate of drug-likeness (QED) is 0.760. The first-order chi connectivity index (χ1) is 15.1. The van der Waals surface area contributed by atoms with Crippen LogP contribution in [0.25, 0.3) is 10.2 Å². The van der Waals surface area contributed by atoms with Crippen LogP contribution in [0.4, 0.5) is 10.6 Å². The second-order valence-corrected chi connectivity index (χ2v) is 9.35. The number of nitrogens with one attached hydrogen (secondary N) is 1. The monoisotopic (exact) mass is 445 g/mol. The molecule has 2 aromatic heterocycles. The summed E-state index contributed by atoms with van der Waals surface area (Å²) in [5.74, 6) is 1.01. The molecule has 2 aliphatic heterocycles. The number of nitrogens with zero attached hydrogens (tertiary/aromatic N) is 4. The molecule has 0 saturated carbocycles. The first-order valence-electron chi connectivity index (χ1n) is 11.3. The number of carbonyl (C=O) groups excluding carboxylic acids is 2. The maximum absolute atomic E-state index is 13.0. The van der Waals surface area contributed by atoms with Crippen LogP contribution >= 0.6 is 11.3 Å². The third kappa shape index (κ3) is 4.92. The molecule has 0 radical (unpaired) electrons. The Balaban J connectivity index is 1.35. The lowest BCUT2D eigenvalue weighted by molar-refractivity contribution is -0.126. The fourth-order valence-electron chi connectivity index (χ4n) is 4.44. The number of anilines is 1. The molecule has 0 aliphatic carbocycles. The standard InChI is InChI=1S/C22H31N5O3S/c1-3-17-12-18-19(23-14-24-21(18)31-17)27-9-5-6-15(13-27)20(28)25-16-7-10-26(11-8-16)22(29)30-4-2/h12,14-16H,3-11,13H2,1-2H3,(H,25,28). The molecule has 1 unspecified atom stereocenters. The van der Waals surface area contributed by atoms with Gasteiger partial charge in [0.05, 0.1) is 17.9 Å². The molecular formula is C22H31N5O3S. The minimum absolute atomic E-state index is 0.0499. The van der Waals surface area contributed by atoms with Gasteiger partial charge in [0.1, 0.15) is 17.0 Å². The Labute approximate surface area is 187 Å². The van der Waals surface area contributed by atoms with E-state index in [1.54, 1.807) is 22.6 Å². The number of aryl methyl sites for hydroxylation is 1. The number of piperidine rings is 2. The molecule has 0 bridgehead atoms. The van der Waals surface area contributed by atoms with Gasteiger partial charge in [-0.15, -0.1) is 11.3 Å². The number of ether oxygens (including phenoxy) is 1. The second kappa shape index (κ2) is 9.80. The average molecular weight is 446 g/mol. The Morgan fingerprint density at radius 3 is 2.74 bits per heavy atom. The molecule has 4 heterocycles. The van der Waals surface area contributed by atoms with E-state index in [9.17, 15) is 9.59 Å². The van der Waals surface area contributed by atoms with Crippen LogP contribution in [0.2, 0.25) is 0 Å². The molecule has 0 aromatic carbocycles. The average Bonchev–Trinajstić information content (AvgIpc) is 3.23. The predicted molar refractivity (Wildman–Crippen MR) is 121 cm³/mol. The van der Waals surface area contributed by atoms with Crippen molar-refractivity contribution in [3.05, 3.63) is 17.3 Å². The van der Waals surface area contributed by atoms with Crippen molar-refractivity contribution in [3.8, 4) is 0 Å². The summed E-state index contributed by atoms with van der Waals surface area (Å²) >= 11 is 1.72. The van der Waals surface area contributed by atoms with Gasteiger partial charge in [0, 0.05) is 37.1 Å². The summed E-state index contributed by atoms with van der Waals surface area (Å²) < 4.78 is 5.07. The number of hydrogen-bond donors (Lipinski definition) is 1. The molecule has 1 atom stereocenters. The number of rotatable bonds is 5. The van der Waals surface area contributed by atoms with Crippen LogP contribution < -0.4 is 10.2 Å². The van der Waals surface area contributed by atoms with Crippen LogP contribution in [0.3, 0.4) is 0 Å². The molecule has 4 rings (SSSR count). The van der Waals surface area contributed by atoms with Crippen molar-refractivity contribution < 1.29 is 14.3 Å². The fraction of sp³-hybridized carbons (Fsp3) is 0.636. The number of aromatic nitrogens is 2. The first-order valence-corrected chi connectivity index (χ1v) is 12.1. The van der Waals surface area contributed by atoms with Gasteiger partial charge in [0.15, 0.2) is 0 Å². The topological polar surface area (TPSA) is 87.7 Å². The SMILES string of the molecule is CCOC(=O)N1CCC(NC(=O)C2CCCN(c3ncnc4sc(CC)cc34)C2)CC1. The summed E-state index contributed by atoms with van der Waals surface area (Å²) in [6, 6.07) is 2.30. The van der Waals surface area contributed by atoms with E-state index in [0.29, 0.717) is 26.2 Å². The summed E-state index contributed by atoms with van der Waals surface area (Å²) in [7, 11) is 0. The smallest absolute Gasteiger partial charge is 0.409 e. The van der Waals surface area contributed by atoms with Gasteiger partial charge >= 0.3 is 6.09 Å². The van der Waals surface area contributed by atoms with Gasteiger partial charge < -0.3 is 19.9 Å². The summed E-state index contributed by atoms with van der Waals surface area (Å²) in [4.78, 5) is 40.1. The van der Waals surface area contributed by atoms with E-state index in [1.807, 2.05) is 6.92 Å². The van der Waals surface area contributed by atoms with E-state index in [2.05, 4.69) is 33.2 Å². The molecule has 2 aromatic rings. The van der Waals surface area contributed by atoms with Crippen molar-refractivity contribution in [2.24, 2.45) is 5.92 Å². The predicted octanol–water partition coefficient (Wildman–Crippen LogP) is 3.21. The molecule has 8 nitrogen and oxygen atoms in total. The van der Waals surface area contributed by atoms with Gasteiger partial charge in [-0.1, -0.05) is 6.92 Å². The van der Waals surface area contributed by atoms with E-state index in [-0.39, 0.29) is 24.0 Å². The maximum atomic E-state index is 13.0. The summed E-state index contributed by atoms with van der Waals surface area (Å²) in [6.07, 6.45) is 5.75. The number of carbonyl (C=O) groups is 2. The largest absolute Gasteiger partial charge is 0.450 e. The molecule has 168 valence electrons. The Kier molecular flexibility index (Phi) is 6.89. The lowest BCUT2D eigenvalue weighted by atomic mass is 9.95. The van der Waals surface area contributed by atoms with Gasteiger partial charge in [-0.25, -0.2) is 14.8 Å². The van der Waals surface area contributed by atoms with Gasteiger partial charge in [0.2, 0.25) is 5.91 Å². The number of hydrogen-bond acceptors (Lipinski definition) is 7. The van der Waals surface area contributed by atoms with Crippen LogP contribution in [-0.4, -0.2) is 65.7 Å². The van der Waals surface area contributed by atoms with Gasteiger partial charge in [-0.3, -0.25) is 4.79 Å². The lowest BCUT2D eigenvalue weighted by Crippen LogP contribution is -2.50. The van der Waals surface area contributed by atoms with E-state index in [0.717, 1.165) is 54.7 Å². The third-order valence-corrected chi connectivity index (χ3v) is 7.35. The molecule has 0 spiro atoms. The van der Waals surface area contributed by atoms with E-state index in [1.165, 1.54) is 4.88 Å². The molecule has 2 aliphatic rings. The fourth-order valence-corrected chi connectivity index (χ4v) is 5.37. The Bertz CT molecular complexity index is 925. The van der Waals surface area contributed by atoms with Crippen molar-refractivity contribution in [2.45, 2.75) is 52.0 Å². The number of fused-ring (bicyclic) bond motifs is 1. The van der Waals surface area contributed by atoms with Gasteiger partial charge in [0.25, 0.3) is 0 Å². The van der Waals surface area contributed by atoms with Crippen LogP contribution in [0.15, 0.2) is 12.4 Å². The van der Waals surface area contributed by atoms with Crippen LogP contribution in [0.5, 0.6) is 0 Å². The van der Waals surface area contributed by atoms with Crippen molar-refractivity contribution in [1.82, 2.24) is 20.2 Å². The van der Waals surface area contributed by atoms with Crippen molar-refractivity contribution >= 4 is 39.4 Å². The molecule has 2 amide bonds. The zero-order valence-corrected chi connectivity index (χ0v) is 19.1. The Morgan fingerprint density at radius 2 is 2.00 bits per heavy atom. The summed E-state index contributed by atoms with van der Waals surface area (Å²) in [6.45, 7) is 7.18. The van der Waals surface area contributed by atoms with Gasteiger partial charge in [-0.2, -0.15) is 0 Å². The minimum Gasteiger partial charge on any atom is -0.450 e. The Hall–Kier alpha value is -2.42. The van der Waals surface area contributed by atoms with Crippen LogP contribution in [-0.2, 0) is 16.0 Å². The van der Waals surface area contributed by atoms with Crippen LogP contribution in [0, 0.1) is 5.92 Å². The summed E-state index contributed by atoms with van der Waals surface area (Å²) in [5.41, 5.74) is 0. The highest BCUT2D eigenvalue weighted by molar-refractivity contribution is 7.18. The number of likely N-dealkylation sites (tertiary alicyclic amines) is 1. The normalized spacial score (nSPS) is 20.1. The van der Waals surface area contributed by atoms with E-state index in [4.69, 9.17) is 4.74 Å². The van der Waals surface area contributed by atoms with Crippen LogP contribution in [0.1, 0.15) is 44.4 Å². The molecule has 2 fully saturated rings. The third-order valence-electron chi connectivity index (χ3n) is 6.17. The highest BCUT2D eigenvalue weighted by Gasteiger charge is 2.30. The highest BCUT2D eigenvalue weighted by atomic mass is 32.1. The van der Waals surface area contributed by atoms with Crippen molar-refractivity contribution in [2.75, 3.05) is 37.7 Å². The van der Waals surface area contributed by atoms with Crippen molar-refractivity contribution in [3.63, 3.8) is 0 Å². The molecular weight excluding hydrogens is 414 g/mol.